The second-order valence-electron chi connectivity index (χ2n) is 24.6. The normalized spacial score (nSPS) is 27.6. The van der Waals surface area contributed by atoms with Crippen LogP contribution >= 0.6 is 0 Å². The molecule has 5 rings (SSSR count). The van der Waals surface area contributed by atoms with Gasteiger partial charge in [-0.2, -0.15) is 0 Å². The van der Waals surface area contributed by atoms with E-state index >= 15 is 0 Å². The lowest BCUT2D eigenvalue weighted by atomic mass is 9.94. The van der Waals surface area contributed by atoms with Crippen LogP contribution in [0.1, 0.15) is 81.6 Å². The van der Waals surface area contributed by atoms with Crippen molar-refractivity contribution in [1.29, 1.82) is 0 Å². The van der Waals surface area contributed by atoms with E-state index in [1.807, 2.05) is 13.8 Å². The summed E-state index contributed by atoms with van der Waals surface area (Å²) in [5, 5.41) is 213. The van der Waals surface area contributed by atoms with Gasteiger partial charge in [-0.1, -0.05) is 20.3 Å². The van der Waals surface area contributed by atoms with E-state index in [-0.39, 0.29) is 26.4 Å². The van der Waals surface area contributed by atoms with Crippen molar-refractivity contribution in [3.63, 3.8) is 0 Å². The van der Waals surface area contributed by atoms with Gasteiger partial charge >= 0.3 is 0 Å². The lowest BCUT2D eigenvalue weighted by molar-refractivity contribution is -0.306. The van der Waals surface area contributed by atoms with Crippen LogP contribution in [-0.2, 0) is 85.8 Å². The number of rotatable bonds is 34. The molecule has 0 radical (unpaired) electrons. The minimum absolute atomic E-state index is 0.200. The Hall–Kier alpha value is -7.87. The zero-order valence-corrected chi connectivity index (χ0v) is 60.7. The Balaban J connectivity index is 0.000000677. The predicted octanol–water partition coefficient (Wildman–Crippen LogP) is -14.8. The quantitative estimate of drug-likeness (QED) is 0.0266. The Morgan fingerprint density at radius 1 is 0.389 bits per heavy atom. The molecule has 620 valence electrons. The van der Waals surface area contributed by atoms with Gasteiger partial charge in [-0.05, 0) is 57.1 Å². The fourth-order valence-corrected chi connectivity index (χ4v) is 10.4. The topological polar surface area (TPSA) is 713 Å². The number of hydrogen-bond acceptors (Lipinski definition) is 38. The molecule has 0 bridgehead atoms. The summed E-state index contributed by atoms with van der Waals surface area (Å²) in [7, 11) is 1.30. The van der Waals surface area contributed by atoms with Gasteiger partial charge < -0.3 is 191 Å². The first-order chi connectivity index (χ1) is 50.5. The molecular formula is C65H103N5O38-4. The first-order valence-electron chi connectivity index (χ1n) is 33.6. The highest BCUT2D eigenvalue weighted by Gasteiger charge is 2.47. The molecule has 25 atom stereocenters. The summed E-state index contributed by atoms with van der Waals surface area (Å²) in [6, 6.07) is -5.42. The van der Waals surface area contributed by atoms with Gasteiger partial charge in [0.05, 0.1) is 99.5 Å². The van der Waals surface area contributed by atoms with Crippen molar-refractivity contribution < 1.29 is 188 Å². The number of carbonyl (C=O) groups is 9. The second-order valence-corrected chi connectivity index (χ2v) is 24.6. The molecule has 21 N–H and O–H groups in total. The van der Waals surface area contributed by atoms with E-state index in [1.54, 1.807) is 13.8 Å². The van der Waals surface area contributed by atoms with Crippen LogP contribution in [0.5, 0.6) is 0 Å². The van der Waals surface area contributed by atoms with E-state index in [0.29, 0.717) is 32.0 Å². The summed E-state index contributed by atoms with van der Waals surface area (Å²) in [4.78, 5) is 99.4. The van der Waals surface area contributed by atoms with Crippen LogP contribution in [0.25, 0.3) is 0 Å². The molecule has 5 amide bonds. The smallest absolute Gasteiger partial charge is 0.217 e. The van der Waals surface area contributed by atoms with Crippen molar-refractivity contribution in [2.45, 2.75) is 234 Å². The van der Waals surface area contributed by atoms with Crippen molar-refractivity contribution in [1.82, 2.24) is 26.6 Å². The highest BCUT2D eigenvalue weighted by atomic mass is 16.6. The molecule has 108 heavy (non-hydrogen) atoms. The van der Waals surface area contributed by atoms with Crippen molar-refractivity contribution in [3.8, 4) is 0 Å². The zero-order chi connectivity index (χ0) is 82.7. The average Bonchev–Trinajstić information content (AvgIpc) is 0.824. The molecule has 0 fully saturated rings. The van der Waals surface area contributed by atoms with E-state index in [9.17, 15) is 140 Å². The van der Waals surface area contributed by atoms with Gasteiger partial charge in [0.1, 0.15) is 114 Å². The number of aliphatic hydroxyl groups is 16. The SMILES string of the molecule is CC(=O)N[C@@H]1C(O)C=C(C)OC1[C@H](O)[C@H](O)CO.CCCCOC[C@@H](O)[C@@H](O)C1OC(C(=O)[O-])=CC(O)[C@H]1NC(C)=O.CCCOC[C@@H](O)[C@@H](O)C1OC(C(=O)[O-])=CC(O)[C@H]1NC(C)=O.CCOC[C@@H](O)[C@@H](O)C1OC(C(=O)[O-])=CC(O)[C@H]1NC(C)=O.COC[C@@H](O)[C@@H](O)C1OC(C(=O)[O-])=CC(O)[C@H]1NC(C)=O. The number of carboxylic acid groups (broad SMARTS) is 4. The maximum Gasteiger partial charge on any atom is 0.217 e. The molecule has 10 unspecified atom stereocenters. The first kappa shape index (κ1) is 98.1. The fourth-order valence-electron chi connectivity index (χ4n) is 10.4. The van der Waals surface area contributed by atoms with Gasteiger partial charge in [0.25, 0.3) is 0 Å². The summed E-state index contributed by atoms with van der Waals surface area (Å²) in [6.07, 6.45) is -20.9. The number of hydrogen-bond donors (Lipinski definition) is 21. The van der Waals surface area contributed by atoms with Crippen molar-refractivity contribution in [2.75, 3.05) is 60.0 Å². The van der Waals surface area contributed by atoms with E-state index in [0.717, 1.165) is 37.1 Å². The molecule has 0 aliphatic carbocycles. The second kappa shape index (κ2) is 49.3. The Morgan fingerprint density at radius 3 is 0.880 bits per heavy atom. The number of carboxylic acids is 4. The number of unbranched alkanes of at least 4 members (excludes halogenated alkanes) is 1. The Kier molecular flexibility index (Phi) is 44.8. The number of nitrogens with one attached hydrogen (secondary N) is 5. The first-order valence-corrected chi connectivity index (χ1v) is 33.6. The highest BCUT2D eigenvalue weighted by molar-refractivity contribution is 5.84. The summed E-state index contributed by atoms with van der Waals surface area (Å²) in [5.74, 6) is -11.5. The standard InChI is InChI=1S/C15H25NO8.C14H23NO8.C13H21NO8.C12H19NO8.C11H19NO6/c1-3-4-5-23-7-10(19)13(20)14-12(16-8(2)17)9(18)6-11(24-14)15(21)22;1-3-4-22-6-9(18)12(19)13-11(15-7(2)16)8(17)5-10(23-13)14(20)21;1-3-21-5-8(17)11(18)12-10(14-6(2)15)7(16)4-9(22-12)13(19)20;1-5(14)13-9-6(15)3-8(12(18)19)21-11(9)10(17)7(16)4-20-2;1-5-3-7(15)9(12-6(2)14)11(18-5)10(17)8(16)4-13/h6,9-10,12-14,18-20H,3-5,7H2,1-2H3,(H,16,17)(H,21,22);5,8-9,11-13,17-19H,3-4,6H2,1-2H3,(H,15,16)(H,20,21);4,7-8,10-12,16-18H,3,5H2,1-2H3,(H,14,15)(H,19,20);3,6-7,9-11,15-17H,4H2,1-2H3,(H,13,14)(H,18,19);3,7-11,13,15-17H,4H2,1-2H3,(H,12,14)/p-4/t9?,10-,12-,13-,14?;8?,9-,11-,12-,13?;7?,8-,10-,11-,12?;6?,7-,9-,10-,11?;7?,8-,9-,10-,11?/m11111/s1. The zero-order valence-electron chi connectivity index (χ0n) is 60.7. The third-order valence-corrected chi connectivity index (χ3v) is 15.6. The van der Waals surface area contributed by atoms with Crippen LogP contribution < -0.4 is 47.0 Å². The lowest BCUT2D eigenvalue weighted by Gasteiger charge is -2.39. The molecule has 5 aliphatic rings. The van der Waals surface area contributed by atoms with Crippen LogP contribution in [0, 0.1) is 0 Å². The van der Waals surface area contributed by atoms with Crippen LogP contribution in [0.2, 0.25) is 0 Å². The number of allylic oxidation sites excluding steroid dienone is 1. The highest BCUT2D eigenvalue weighted by Crippen LogP contribution is 2.28. The Labute approximate surface area is 619 Å². The molecule has 43 heteroatoms. The summed E-state index contributed by atoms with van der Waals surface area (Å²) >= 11 is 0. The molecule has 0 saturated carbocycles. The van der Waals surface area contributed by atoms with Crippen LogP contribution in [0.15, 0.2) is 59.2 Å². The van der Waals surface area contributed by atoms with Crippen molar-refractivity contribution in [2.24, 2.45) is 0 Å². The average molecular weight is 1560 g/mol. The van der Waals surface area contributed by atoms with Gasteiger partial charge in [-0.25, -0.2) is 0 Å². The number of aliphatic carboxylic acids is 4. The number of carbonyl (C=O) groups excluding carboxylic acids is 9. The van der Waals surface area contributed by atoms with Crippen molar-refractivity contribution >= 4 is 53.4 Å². The molecule has 5 heterocycles. The maximum absolute atomic E-state index is 11.3. The summed E-state index contributed by atoms with van der Waals surface area (Å²) in [5.41, 5.74) is 0. The largest absolute Gasteiger partial charge is 0.542 e. The predicted molar refractivity (Wildman–Crippen MR) is 351 cm³/mol. The van der Waals surface area contributed by atoms with Gasteiger partial charge in [0.2, 0.25) is 29.5 Å². The molecule has 43 nitrogen and oxygen atoms in total. The van der Waals surface area contributed by atoms with Gasteiger partial charge in [0, 0.05) is 61.5 Å². The molecule has 0 spiro atoms. The number of ether oxygens (including phenoxy) is 9. The number of methoxy groups -OCH3 is 1. The van der Waals surface area contributed by atoms with E-state index in [4.69, 9.17) is 43.0 Å². The minimum atomic E-state index is -1.69. The van der Waals surface area contributed by atoms with E-state index in [2.05, 4.69) is 31.3 Å². The Bertz CT molecular complexity index is 3010. The number of aliphatic hydroxyl groups excluding tert-OH is 16. The van der Waals surface area contributed by atoms with Crippen LogP contribution in [0.3, 0.4) is 0 Å². The third kappa shape index (κ3) is 32.8. The number of amides is 5. The molecule has 5 aliphatic heterocycles. The lowest BCUT2D eigenvalue weighted by Crippen LogP contribution is -2.60. The molecule has 0 saturated heterocycles. The van der Waals surface area contributed by atoms with E-state index in [1.165, 1.54) is 47.8 Å². The maximum atomic E-state index is 11.3. The van der Waals surface area contributed by atoms with Crippen molar-refractivity contribution in [3.05, 3.63) is 59.2 Å². The van der Waals surface area contributed by atoms with Gasteiger partial charge in [-0.3, -0.25) is 24.0 Å². The monoisotopic (exact) mass is 1560 g/mol. The third-order valence-electron chi connectivity index (χ3n) is 15.6. The van der Waals surface area contributed by atoms with Crippen LogP contribution in [-0.4, -0.2) is 347 Å². The Morgan fingerprint density at radius 2 is 0.639 bits per heavy atom. The minimum Gasteiger partial charge on any atom is -0.542 e. The summed E-state index contributed by atoms with van der Waals surface area (Å²) in [6.45, 7) is 12.7. The van der Waals surface area contributed by atoms with E-state index < -0.39 is 235 Å². The molecule has 0 aromatic carbocycles. The van der Waals surface area contributed by atoms with Gasteiger partial charge in [0.15, 0.2) is 24.4 Å². The summed E-state index contributed by atoms with van der Waals surface area (Å²) < 4.78 is 45.5. The fraction of sp³-hybridized carbons (Fsp3) is 0.708. The van der Waals surface area contributed by atoms with Gasteiger partial charge in [-0.15, -0.1) is 0 Å². The molecule has 0 aromatic heterocycles. The molecular weight excluding hydrogens is 1460 g/mol. The van der Waals surface area contributed by atoms with Crippen LogP contribution in [0.4, 0.5) is 0 Å². The molecule has 0 aromatic rings.